The average Bonchev–Trinajstić information content (AvgIpc) is 2.83. The van der Waals surface area contributed by atoms with Gasteiger partial charge in [-0.1, -0.05) is 76.7 Å². The third-order valence-electron chi connectivity index (χ3n) is 5.15. The largest absolute Gasteiger partial charge is 0.481 e. The predicted octanol–water partition coefficient (Wildman–Crippen LogP) is 7.38. The van der Waals surface area contributed by atoms with Crippen LogP contribution in [0.5, 0.6) is 5.75 Å². The van der Waals surface area contributed by atoms with Gasteiger partial charge in [-0.2, -0.15) is 9.78 Å². The van der Waals surface area contributed by atoms with Crippen molar-refractivity contribution in [2.45, 2.75) is 20.0 Å². The van der Waals surface area contributed by atoms with Crippen molar-refractivity contribution in [3.05, 3.63) is 104 Å². The number of nitrogens with zero attached hydrogens (tertiary/aromatic N) is 4. The van der Waals surface area contributed by atoms with E-state index >= 15 is 0 Å². The Morgan fingerprint density at radius 3 is 2.47 bits per heavy atom. The van der Waals surface area contributed by atoms with Gasteiger partial charge in [-0.25, -0.2) is 4.98 Å². The Kier molecular flexibility index (Phi) is 8.38. The first-order valence-electron chi connectivity index (χ1n) is 10.5. The second-order valence-electron chi connectivity index (χ2n) is 7.53. The zero-order valence-corrected chi connectivity index (χ0v) is 24.9. The number of hydrogen-bond acceptors (Lipinski definition) is 6. The van der Waals surface area contributed by atoms with Crippen molar-refractivity contribution in [3.63, 3.8) is 0 Å². The quantitative estimate of drug-likeness (QED) is 0.112. The standard InChI is InChI=1S/C24H16Br4N4O4/c1-2-22-30-20-6-5-15(25)8-18(20)24(33)31(22)29-11-14-7-17(27)10-21(32(34)35)23(14)36-12-13-3-4-16(26)9-19(13)28/h3-11H,2,12H2,1H3. The lowest BCUT2D eigenvalue weighted by molar-refractivity contribution is -0.386. The molecule has 0 radical (unpaired) electrons. The van der Waals surface area contributed by atoms with Gasteiger partial charge < -0.3 is 4.74 Å². The van der Waals surface area contributed by atoms with Crippen molar-refractivity contribution in [2.24, 2.45) is 5.10 Å². The van der Waals surface area contributed by atoms with E-state index in [1.807, 2.05) is 31.2 Å². The molecule has 0 bridgehead atoms. The number of benzene rings is 3. The van der Waals surface area contributed by atoms with E-state index in [-0.39, 0.29) is 23.6 Å². The first-order valence-corrected chi connectivity index (χ1v) is 13.6. The summed E-state index contributed by atoms with van der Waals surface area (Å²) in [4.78, 5) is 29.1. The topological polar surface area (TPSA) is 99.6 Å². The van der Waals surface area contributed by atoms with Crippen LogP contribution in [0.1, 0.15) is 23.9 Å². The fraction of sp³-hybridized carbons (Fsp3) is 0.125. The summed E-state index contributed by atoms with van der Waals surface area (Å²) in [6, 6.07) is 13.8. The minimum absolute atomic E-state index is 0.0318. The normalized spacial score (nSPS) is 11.4. The molecular weight excluding hydrogens is 728 g/mol. The fourth-order valence-electron chi connectivity index (χ4n) is 3.44. The molecule has 4 rings (SSSR count). The number of aryl methyl sites for hydroxylation is 1. The van der Waals surface area contributed by atoms with Crippen molar-refractivity contribution in [1.29, 1.82) is 0 Å². The van der Waals surface area contributed by atoms with Gasteiger partial charge in [0.05, 0.1) is 22.0 Å². The molecule has 4 aromatic rings. The van der Waals surface area contributed by atoms with Crippen molar-refractivity contribution < 1.29 is 9.66 Å². The van der Waals surface area contributed by atoms with Crippen molar-refractivity contribution in [3.8, 4) is 5.75 Å². The summed E-state index contributed by atoms with van der Waals surface area (Å²) in [5, 5.41) is 16.6. The van der Waals surface area contributed by atoms with Crippen molar-refractivity contribution in [2.75, 3.05) is 0 Å². The Hall–Kier alpha value is -2.41. The van der Waals surface area contributed by atoms with Crippen molar-refractivity contribution in [1.82, 2.24) is 9.66 Å². The molecule has 0 spiro atoms. The zero-order valence-electron chi connectivity index (χ0n) is 18.5. The Labute approximate surface area is 239 Å². The van der Waals surface area contributed by atoms with Gasteiger partial charge in [0.15, 0.2) is 0 Å². The molecule has 0 aliphatic rings. The van der Waals surface area contributed by atoms with Crippen LogP contribution in [0.15, 0.2) is 76.3 Å². The third kappa shape index (κ3) is 5.77. The molecule has 0 unspecified atom stereocenters. The first-order chi connectivity index (χ1) is 17.2. The number of halogens is 4. The molecule has 0 aliphatic carbocycles. The molecule has 0 atom stereocenters. The lowest BCUT2D eigenvalue weighted by Gasteiger charge is -2.12. The molecule has 36 heavy (non-hydrogen) atoms. The van der Waals surface area contributed by atoms with Crippen LogP contribution in [-0.4, -0.2) is 20.8 Å². The van der Waals surface area contributed by atoms with Crippen molar-refractivity contribution >= 4 is 86.5 Å². The van der Waals surface area contributed by atoms with Crippen LogP contribution >= 0.6 is 63.7 Å². The lowest BCUT2D eigenvalue weighted by atomic mass is 10.2. The lowest BCUT2D eigenvalue weighted by Crippen LogP contribution is -2.22. The number of aromatic nitrogens is 2. The van der Waals surface area contributed by atoms with Gasteiger partial charge in [-0.15, -0.1) is 0 Å². The van der Waals surface area contributed by atoms with E-state index in [1.54, 1.807) is 18.2 Å². The summed E-state index contributed by atoms with van der Waals surface area (Å²) >= 11 is 13.6. The molecule has 0 saturated carbocycles. The summed E-state index contributed by atoms with van der Waals surface area (Å²) in [6.07, 6.45) is 1.83. The van der Waals surface area contributed by atoms with Gasteiger partial charge >= 0.3 is 5.69 Å². The maximum absolute atomic E-state index is 13.2. The molecule has 1 heterocycles. The van der Waals surface area contributed by atoms with Gasteiger partial charge in [-0.05, 0) is 36.4 Å². The van der Waals surface area contributed by atoms with Gasteiger partial charge in [0.1, 0.15) is 12.4 Å². The van der Waals surface area contributed by atoms with Crippen LogP contribution in [0.4, 0.5) is 5.69 Å². The molecule has 0 fully saturated rings. The van der Waals surface area contributed by atoms with Crippen LogP contribution in [0.25, 0.3) is 10.9 Å². The number of fused-ring (bicyclic) bond motifs is 1. The summed E-state index contributed by atoms with van der Waals surface area (Å²) in [7, 11) is 0. The molecule has 8 nitrogen and oxygen atoms in total. The molecule has 0 amide bonds. The van der Waals surface area contributed by atoms with E-state index < -0.39 is 4.92 Å². The number of rotatable bonds is 7. The number of nitro groups is 1. The average molecular weight is 744 g/mol. The Bertz CT molecular complexity index is 1590. The van der Waals surface area contributed by atoms with Gasteiger partial charge in [0.25, 0.3) is 5.56 Å². The first kappa shape index (κ1) is 26.6. The highest BCUT2D eigenvalue weighted by atomic mass is 79.9. The van der Waals surface area contributed by atoms with E-state index in [4.69, 9.17) is 4.74 Å². The summed E-state index contributed by atoms with van der Waals surface area (Å²) in [5.74, 6) is 0.487. The molecule has 0 aliphatic heterocycles. The van der Waals surface area contributed by atoms with Crippen LogP contribution in [0.3, 0.4) is 0 Å². The summed E-state index contributed by atoms with van der Waals surface area (Å²) in [5.41, 5.74) is 1.11. The number of ether oxygens (including phenoxy) is 1. The zero-order chi connectivity index (χ0) is 26.0. The minimum atomic E-state index is -0.521. The number of hydrogen-bond donors (Lipinski definition) is 0. The van der Waals surface area contributed by atoms with Crippen LogP contribution in [-0.2, 0) is 13.0 Å². The fourth-order valence-corrected chi connectivity index (χ4v) is 5.43. The van der Waals surface area contributed by atoms with Crippen LogP contribution < -0.4 is 10.3 Å². The monoisotopic (exact) mass is 740 g/mol. The smallest absolute Gasteiger partial charge is 0.312 e. The van der Waals surface area contributed by atoms with E-state index in [0.717, 1.165) is 19.0 Å². The second-order valence-corrected chi connectivity index (χ2v) is 11.1. The predicted molar refractivity (Wildman–Crippen MR) is 153 cm³/mol. The van der Waals surface area contributed by atoms with Gasteiger partial charge in [-0.3, -0.25) is 14.9 Å². The second kappa shape index (κ2) is 11.3. The van der Waals surface area contributed by atoms with E-state index in [2.05, 4.69) is 73.8 Å². The summed E-state index contributed by atoms with van der Waals surface area (Å²) in [6.45, 7) is 1.94. The van der Waals surface area contributed by atoms with Crippen LogP contribution in [0.2, 0.25) is 0 Å². The molecule has 1 aromatic heterocycles. The Morgan fingerprint density at radius 2 is 1.78 bits per heavy atom. The number of nitro benzene ring substituents is 1. The summed E-state index contributed by atoms with van der Waals surface area (Å²) < 4.78 is 10.0. The van der Waals surface area contributed by atoms with E-state index in [9.17, 15) is 14.9 Å². The minimum Gasteiger partial charge on any atom is -0.481 e. The SMILES string of the molecule is CCc1nc2ccc(Br)cc2c(=O)n1N=Cc1cc(Br)cc([N+](=O)[O-])c1OCc1ccc(Br)cc1Br. The molecule has 0 saturated heterocycles. The highest BCUT2D eigenvalue weighted by molar-refractivity contribution is 9.11. The third-order valence-corrected chi connectivity index (χ3v) is 7.33. The molecule has 184 valence electrons. The van der Waals surface area contributed by atoms with E-state index in [0.29, 0.717) is 33.2 Å². The molecule has 3 aromatic carbocycles. The highest BCUT2D eigenvalue weighted by Gasteiger charge is 2.21. The molecular formula is C24H16Br4N4O4. The highest BCUT2D eigenvalue weighted by Crippen LogP contribution is 2.35. The Morgan fingerprint density at radius 1 is 1.06 bits per heavy atom. The maximum atomic E-state index is 13.2. The van der Waals surface area contributed by atoms with Gasteiger partial charge in [0.2, 0.25) is 5.75 Å². The Balaban J connectivity index is 1.80. The maximum Gasteiger partial charge on any atom is 0.312 e. The van der Waals surface area contributed by atoms with Crippen LogP contribution in [0, 0.1) is 10.1 Å². The molecule has 0 N–H and O–H groups in total. The van der Waals surface area contributed by atoms with E-state index in [1.165, 1.54) is 17.0 Å². The molecule has 12 heteroatoms. The van der Waals surface area contributed by atoms with Gasteiger partial charge in [0, 0.05) is 41.5 Å².